The molecule has 1 aromatic carbocycles. The van der Waals surface area contributed by atoms with Crippen molar-refractivity contribution >= 4 is 0 Å². The Hall–Kier alpha value is -1.07. The molecule has 5 heteroatoms. The number of hydrogen-bond donors (Lipinski definition) is 1. The molecule has 0 radical (unpaired) electrons. The van der Waals surface area contributed by atoms with E-state index in [4.69, 9.17) is 0 Å². The molecule has 0 unspecified atom stereocenters. The number of nitrogens with one attached hydrogen (secondary N) is 1. The Morgan fingerprint density at radius 3 is 2.40 bits per heavy atom. The van der Waals surface area contributed by atoms with E-state index in [1.54, 1.807) is 0 Å². The minimum atomic E-state index is -4.22. The third kappa shape index (κ3) is 5.92. The monoisotopic (exact) mass is 288 g/mol. The molecular weight excluding hydrogens is 265 g/mol. The third-order valence-corrected chi connectivity index (χ3v) is 3.23. The maximum Gasteiger partial charge on any atom is 0.405 e. The fourth-order valence-electron chi connectivity index (χ4n) is 2.04. The van der Waals surface area contributed by atoms with Crippen LogP contribution < -0.4 is 5.32 Å². The summed E-state index contributed by atoms with van der Waals surface area (Å²) < 4.78 is 39.3. The van der Waals surface area contributed by atoms with Crippen LogP contribution in [0.5, 0.6) is 0 Å². The van der Waals surface area contributed by atoms with Crippen LogP contribution in [0.3, 0.4) is 0 Å². The molecule has 1 rings (SSSR count). The van der Waals surface area contributed by atoms with Crippen molar-refractivity contribution in [2.24, 2.45) is 0 Å². The molecule has 2 nitrogen and oxygen atoms in total. The van der Waals surface area contributed by atoms with E-state index in [-0.39, 0.29) is 6.54 Å². The molecule has 0 heterocycles. The van der Waals surface area contributed by atoms with Crippen molar-refractivity contribution in [2.45, 2.75) is 38.5 Å². The topological polar surface area (TPSA) is 15.3 Å². The van der Waals surface area contributed by atoms with Gasteiger partial charge in [-0.2, -0.15) is 13.2 Å². The Balaban J connectivity index is 2.58. The molecule has 0 aliphatic rings. The molecule has 0 amide bonds. The fourth-order valence-corrected chi connectivity index (χ4v) is 2.04. The Labute approximate surface area is 119 Å². The quantitative estimate of drug-likeness (QED) is 0.737. The van der Waals surface area contributed by atoms with Gasteiger partial charge in [0.25, 0.3) is 0 Å². The van der Waals surface area contributed by atoms with Crippen LogP contribution >= 0.6 is 0 Å². The summed E-state index contributed by atoms with van der Waals surface area (Å²) in [6, 6.07) is 7.76. The molecule has 0 aliphatic heterocycles. The van der Waals surface area contributed by atoms with Gasteiger partial charge in [-0.1, -0.05) is 43.7 Å². The van der Waals surface area contributed by atoms with E-state index in [2.05, 4.69) is 5.32 Å². The average Bonchev–Trinajstić information content (AvgIpc) is 2.38. The van der Waals surface area contributed by atoms with Crippen molar-refractivity contribution in [2.75, 3.05) is 20.1 Å². The van der Waals surface area contributed by atoms with Crippen LogP contribution in [0.1, 0.15) is 25.3 Å². The second kappa shape index (κ2) is 8.27. The van der Waals surface area contributed by atoms with Gasteiger partial charge in [-0.05, 0) is 25.6 Å². The van der Waals surface area contributed by atoms with Gasteiger partial charge in [-0.25, -0.2) is 0 Å². The number of alkyl halides is 3. The van der Waals surface area contributed by atoms with Gasteiger partial charge in [0.1, 0.15) is 6.04 Å². The summed E-state index contributed by atoms with van der Waals surface area (Å²) in [4.78, 5) is 1.36. The first-order chi connectivity index (χ1) is 9.45. The second-order valence-electron chi connectivity index (χ2n) is 5.02. The molecule has 20 heavy (non-hydrogen) atoms. The van der Waals surface area contributed by atoms with Crippen molar-refractivity contribution in [1.82, 2.24) is 10.2 Å². The molecule has 1 atom stereocenters. The summed E-state index contributed by atoms with van der Waals surface area (Å²) in [5.74, 6) is 0. The van der Waals surface area contributed by atoms with E-state index in [9.17, 15) is 13.2 Å². The predicted octanol–water partition coefficient (Wildman–Crippen LogP) is 3.44. The van der Waals surface area contributed by atoms with E-state index in [0.717, 1.165) is 18.4 Å². The molecular formula is C15H23F3N2. The minimum Gasteiger partial charge on any atom is -0.315 e. The van der Waals surface area contributed by atoms with Crippen LogP contribution in [0.15, 0.2) is 30.3 Å². The highest BCUT2D eigenvalue weighted by Crippen LogP contribution is 2.24. The summed E-state index contributed by atoms with van der Waals surface area (Å²) in [5.41, 5.74) is 0.887. The zero-order valence-corrected chi connectivity index (χ0v) is 12.1. The van der Waals surface area contributed by atoms with E-state index in [0.29, 0.717) is 13.1 Å². The Kier molecular flexibility index (Phi) is 7.02. The molecule has 0 aromatic heterocycles. The zero-order valence-electron chi connectivity index (χ0n) is 12.1. The summed E-state index contributed by atoms with van der Waals surface area (Å²) in [7, 11) is 1.52. The Bertz CT molecular complexity index is 365. The third-order valence-electron chi connectivity index (χ3n) is 3.23. The lowest BCUT2D eigenvalue weighted by molar-refractivity contribution is -0.180. The fraction of sp³-hybridized carbons (Fsp3) is 0.600. The molecule has 0 saturated heterocycles. The van der Waals surface area contributed by atoms with E-state index < -0.39 is 12.2 Å². The molecule has 0 bridgehead atoms. The van der Waals surface area contributed by atoms with Gasteiger partial charge in [-0.3, -0.25) is 4.90 Å². The summed E-state index contributed by atoms with van der Waals surface area (Å²) in [6.07, 6.45) is -2.35. The van der Waals surface area contributed by atoms with Crippen LogP contribution in [0, 0.1) is 0 Å². The number of likely N-dealkylation sites (N-methyl/N-ethyl adjacent to an activating group) is 1. The second-order valence-corrected chi connectivity index (χ2v) is 5.02. The first-order valence-corrected chi connectivity index (χ1v) is 6.96. The molecule has 0 fully saturated rings. The van der Waals surface area contributed by atoms with Crippen molar-refractivity contribution in [3.05, 3.63) is 35.9 Å². The van der Waals surface area contributed by atoms with Gasteiger partial charge in [0, 0.05) is 13.1 Å². The van der Waals surface area contributed by atoms with E-state index >= 15 is 0 Å². The van der Waals surface area contributed by atoms with Gasteiger partial charge >= 0.3 is 6.18 Å². The van der Waals surface area contributed by atoms with Crippen molar-refractivity contribution < 1.29 is 13.2 Å². The number of hydrogen-bond acceptors (Lipinski definition) is 2. The molecule has 114 valence electrons. The van der Waals surface area contributed by atoms with Gasteiger partial charge < -0.3 is 5.32 Å². The van der Waals surface area contributed by atoms with Crippen molar-refractivity contribution in [3.8, 4) is 0 Å². The smallest absolute Gasteiger partial charge is 0.315 e. The Morgan fingerprint density at radius 1 is 1.20 bits per heavy atom. The molecule has 0 aliphatic carbocycles. The first kappa shape index (κ1) is 17.0. The maximum absolute atomic E-state index is 13.1. The summed E-state index contributed by atoms with van der Waals surface area (Å²) >= 11 is 0. The molecule has 0 saturated carbocycles. The largest absolute Gasteiger partial charge is 0.405 e. The summed E-state index contributed by atoms with van der Waals surface area (Å²) in [6.45, 7) is 2.88. The first-order valence-electron chi connectivity index (χ1n) is 6.96. The zero-order chi connectivity index (χ0) is 15.0. The average molecular weight is 288 g/mol. The highest BCUT2D eigenvalue weighted by molar-refractivity contribution is 5.14. The van der Waals surface area contributed by atoms with Gasteiger partial charge in [0.2, 0.25) is 0 Å². The van der Waals surface area contributed by atoms with Crippen LogP contribution in [-0.4, -0.2) is 37.3 Å². The van der Waals surface area contributed by atoms with Crippen LogP contribution in [-0.2, 0) is 6.54 Å². The Morgan fingerprint density at radius 2 is 1.85 bits per heavy atom. The van der Waals surface area contributed by atoms with Crippen LogP contribution in [0.4, 0.5) is 13.2 Å². The predicted molar refractivity (Wildman–Crippen MR) is 75.5 cm³/mol. The molecule has 1 aromatic rings. The van der Waals surface area contributed by atoms with E-state index in [1.807, 2.05) is 37.3 Å². The van der Waals surface area contributed by atoms with Gasteiger partial charge in [0.05, 0.1) is 0 Å². The highest BCUT2D eigenvalue weighted by Gasteiger charge is 2.41. The lowest BCUT2D eigenvalue weighted by atomic mass is 10.1. The van der Waals surface area contributed by atoms with Gasteiger partial charge in [0.15, 0.2) is 0 Å². The number of unbranched alkanes of at least 4 members (excludes halogenated alkanes) is 1. The van der Waals surface area contributed by atoms with Crippen molar-refractivity contribution in [1.29, 1.82) is 0 Å². The number of nitrogens with zero attached hydrogens (tertiary/aromatic N) is 1. The van der Waals surface area contributed by atoms with Crippen molar-refractivity contribution in [3.63, 3.8) is 0 Å². The lowest BCUT2D eigenvalue weighted by Crippen LogP contribution is -2.49. The van der Waals surface area contributed by atoms with Crippen LogP contribution in [0.25, 0.3) is 0 Å². The number of benzene rings is 1. The summed E-state index contributed by atoms with van der Waals surface area (Å²) in [5, 5.41) is 2.90. The lowest BCUT2D eigenvalue weighted by Gasteiger charge is -2.30. The highest BCUT2D eigenvalue weighted by atomic mass is 19.4. The number of halogens is 3. The van der Waals surface area contributed by atoms with E-state index in [1.165, 1.54) is 11.9 Å². The molecule has 1 N–H and O–H groups in total. The number of rotatable bonds is 8. The normalized spacial score (nSPS) is 13.7. The molecule has 0 spiro atoms. The van der Waals surface area contributed by atoms with Crippen LogP contribution in [0.2, 0.25) is 0 Å². The SMILES string of the molecule is CCCCNC[C@@H](N(C)Cc1ccccc1)C(F)(F)F. The van der Waals surface area contributed by atoms with Gasteiger partial charge in [-0.15, -0.1) is 0 Å². The standard InChI is InChI=1S/C15H23F3N2/c1-3-4-10-19-11-14(15(16,17)18)20(2)12-13-8-6-5-7-9-13/h5-9,14,19H,3-4,10-12H2,1-2H3/t14-/m1/s1. The maximum atomic E-state index is 13.1. The minimum absolute atomic E-state index is 0.0627.